The van der Waals surface area contributed by atoms with Gasteiger partial charge in [-0.15, -0.1) is 0 Å². The molecule has 92 valence electrons. The van der Waals surface area contributed by atoms with E-state index in [0.29, 0.717) is 12.5 Å². The molecule has 0 saturated carbocycles. The van der Waals surface area contributed by atoms with Gasteiger partial charge in [-0.3, -0.25) is 0 Å². The van der Waals surface area contributed by atoms with Crippen LogP contribution in [0.15, 0.2) is 0 Å². The minimum absolute atomic E-state index is 0.152. The van der Waals surface area contributed by atoms with Crippen LogP contribution in [0.5, 0.6) is 0 Å². The van der Waals surface area contributed by atoms with Crippen molar-refractivity contribution in [3.8, 4) is 0 Å². The summed E-state index contributed by atoms with van der Waals surface area (Å²) in [5, 5.41) is 0.854. The van der Waals surface area contributed by atoms with Gasteiger partial charge in [0.2, 0.25) is 0 Å². The van der Waals surface area contributed by atoms with Crippen LogP contribution in [0.25, 0.3) is 0 Å². The Kier molecular flexibility index (Phi) is 7.56. The molecule has 0 aromatic heterocycles. The van der Waals surface area contributed by atoms with Gasteiger partial charge in [0.05, 0.1) is 0 Å². The fourth-order valence-electron chi connectivity index (χ4n) is 0.942. The molecule has 0 aliphatic heterocycles. The van der Waals surface area contributed by atoms with E-state index < -0.39 is 12.8 Å². The van der Waals surface area contributed by atoms with Crippen molar-refractivity contribution in [1.29, 1.82) is 0 Å². The first-order valence-electron chi connectivity index (χ1n) is 4.77. The van der Waals surface area contributed by atoms with E-state index in [-0.39, 0.29) is 6.61 Å². The number of hydrogen-bond donors (Lipinski definition) is 0. The number of hydrogen-bond acceptors (Lipinski definition) is 2. The Morgan fingerprint density at radius 3 is 2.47 bits per heavy atom. The quantitative estimate of drug-likeness (QED) is 0.528. The van der Waals surface area contributed by atoms with E-state index in [9.17, 15) is 13.2 Å². The molecule has 0 heterocycles. The van der Waals surface area contributed by atoms with Crippen LogP contribution in [0.1, 0.15) is 13.3 Å². The molecule has 0 aromatic carbocycles. The maximum absolute atomic E-state index is 11.7. The fraction of sp³-hybridized carbons (Fsp3) is 1.00. The highest BCUT2D eigenvalue weighted by atomic mass is 79.9. The largest absolute Gasteiger partial charge is 0.411 e. The van der Waals surface area contributed by atoms with E-state index in [1.807, 2.05) is 14.0 Å². The third-order valence-electron chi connectivity index (χ3n) is 2.04. The average molecular weight is 292 g/mol. The van der Waals surface area contributed by atoms with Gasteiger partial charge in [0.1, 0.15) is 6.61 Å². The van der Waals surface area contributed by atoms with Crippen molar-refractivity contribution in [2.45, 2.75) is 25.6 Å². The van der Waals surface area contributed by atoms with Crippen molar-refractivity contribution in [3.05, 3.63) is 0 Å². The van der Waals surface area contributed by atoms with Gasteiger partial charge in [0, 0.05) is 24.5 Å². The smallest absolute Gasteiger partial charge is 0.372 e. The molecule has 0 spiro atoms. The second kappa shape index (κ2) is 7.46. The standard InChI is InChI=1S/C9H17BrF3NO/c1-8(6-10)14(2)4-3-5-15-7-9(11,12)13/h8H,3-7H2,1-2H3. The van der Waals surface area contributed by atoms with Crippen molar-refractivity contribution in [3.63, 3.8) is 0 Å². The summed E-state index contributed by atoms with van der Waals surface area (Å²) in [6, 6.07) is 0.382. The van der Waals surface area contributed by atoms with Crippen LogP contribution in [-0.2, 0) is 4.74 Å². The van der Waals surface area contributed by atoms with E-state index in [1.165, 1.54) is 0 Å². The predicted octanol–water partition coefficient (Wildman–Crippen LogP) is 2.67. The highest BCUT2D eigenvalue weighted by molar-refractivity contribution is 9.09. The summed E-state index contributed by atoms with van der Waals surface area (Å²) in [6.07, 6.45) is -3.60. The van der Waals surface area contributed by atoms with Gasteiger partial charge in [-0.1, -0.05) is 15.9 Å². The van der Waals surface area contributed by atoms with Gasteiger partial charge in [-0.2, -0.15) is 13.2 Å². The first kappa shape index (κ1) is 15.2. The molecule has 0 fully saturated rings. The summed E-state index contributed by atoms with van der Waals surface area (Å²) in [5.41, 5.74) is 0. The molecule has 0 rings (SSSR count). The molecule has 1 unspecified atom stereocenters. The Labute approximate surface area is 96.9 Å². The Hall–Kier alpha value is 0.190. The highest BCUT2D eigenvalue weighted by Gasteiger charge is 2.27. The molecule has 0 bridgehead atoms. The van der Waals surface area contributed by atoms with Crippen molar-refractivity contribution in [2.75, 3.05) is 32.1 Å². The topological polar surface area (TPSA) is 12.5 Å². The number of nitrogens with zero attached hydrogens (tertiary/aromatic N) is 1. The number of rotatable bonds is 7. The fourth-order valence-corrected chi connectivity index (χ4v) is 1.44. The first-order chi connectivity index (χ1) is 6.87. The van der Waals surface area contributed by atoms with E-state index in [2.05, 4.69) is 25.6 Å². The minimum atomic E-state index is -4.21. The zero-order chi connectivity index (χ0) is 11.9. The summed E-state index contributed by atoms with van der Waals surface area (Å²) >= 11 is 3.34. The molecule has 6 heteroatoms. The van der Waals surface area contributed by atoms with Crippen LogP contribution >= 0.6 is 15.9 Å². The molecule has 0 aliphatic carbocycles. The molecule has 15 heavy (non-hydrogen) atoms. The van der Waals surface area contributed by atoms with Crippen LogP contribution in [0.2, 0.25) is 0 Å². The van der Waals surface area contributed by atoms with Gasteiger partial charge in [-0.05, 0) is 20.4 Å². The summed E-state index contributed by atoms with van der Waals surface area (Å²) < 4.78 is 39.5. The maximum Gasteiger partial charge on any atom is 0.411 e. The summed E-state index contributed by atoms with van der Waals surface area (Å²) in [7, 11) is 1.94. The van der Waals surface area contributed by atoms with E-state index in [0.717, 1.165) is 11.9 Å². The molecular formula is C9H17BrF3NO. The number of halogens is 4. The Morgan fingerprint density at radius 2 is 2.00 bits per heavy atom. The van der Waals surface area contributed by atoms with E-state index in [4.69, 9.17) is 0 Å². The van der Waals surface area contributed by atoms with Gasteiger partial charge < -0.3 is 9.64 Å². The molecule has 2 nitrogen and oxygen atoms in total. The lowest BCUT2D eigenvalue weighted by molar-refractivity contribution is -0.174. The van der Waals surface area contributed by atoms with Gasteiger partial charge in [0.25, 0.3) is 0 Å². The average Bonchev–Trinajstić information content (AvgIpc) is 2.14. The summed E-state index contributed by atoms with van der Waals surface area (Å²) in [5.74, 6) is 0. The van der Waals surface area contributed by atoms with Gasteiger partial charge in [0.15, 0.2) is 0 Å². The van der Waals surface area contributed by atoms with Crippen molar-refractivity contribution in [2.24, 2.45) is 0 Å². The normalized spacial score (nSPS) is 14.6. The Bertz CT molecular complexity index is 166. The van der Waals surface area contributed by atoms with Crippen molar-refractivity contribution < 1.29 is 17.9 Å². The van der Waals surface area contributed by atoms with Crippen LogP contribution in [0, 0.1) is 0 Å². The zero-order valence-corrected chi connectivity index (χ0v) is 10.6. The van der Waals surface area contributed by atoms with Gasteiger partial charge in [-0.25, -0.2) is 0 Å². The summed E-state index contributed by atoms with van der Waals surface area (Å²) in [6.45, 7) is 1.79. The lowest BCUT2D eigenvalue weighted by Gasteiger charge is -2.22. The lowest BCUT2D eigenvalue weighted by Crippen LogP contribution is -2.31. The van der Waals surface area contributed by atoms with Crippen molar-refractivity contribution in [1.82, 2.24) is 4.90 Å². The number of alkyl halides is 4. The molecule has 1 atom stereocenters. The third kappa shape index (κ3) is 9.14. The minimum Gasteiger partial charge on any atom is -0.372 e. The molecule has 0 aromatic rings. The van der Waals surface area contributed by atoms with Crippen LogP contribution < -0.4 is 0 Å². The monoisotopic (exact) mass is 291 g/mol. The molecule has 0 radical (unpaired) electrons. The third-order valence-corrected chi connectivity index (χ3v) is 2.98. The van der Waals surface area contributed by atoms with Crippen LogP contribution in [-0.4, -0.2) is 49.3 Å². The van der Waals surface area contributed by atoms with Crippen LogP contribution in [0.3, 0.4) is 0 Å². The second-order valence-corrected chi connectivity index (χ2v) is 4.15. The van der Waals surface area contributed by atoms with E-state index >= 15 is 0 Å². The maximum atomic E-state index is 11.7. The predicted molar refractivity (Wildman–Crippen MR) is 57.4 cm³/mol. The number of ether oxygens (including phenoxy) is 1. The molecule has 0 amide bonds. The SMILES string of the molecule is CC(CBr)N(C)CCCOCC(F)(F)F. The van der Waals surface area contributed by atoms with Gasteiger partial charge >= 0.3 is 6.18 Å². The summed E-state index contributed by atoms with van der Waals surface area (Å²) in [4.78, 5) is 2.08. The van der Waals surface area contributed by atoms with Crippen molar-refractivity contribution >= 4 is 15.9 Å². The highest BCUT2D eigenvalue weighted by Crippen LogP contribution is 2.14. The first-order valence-corrected chi connectivity index (χ1v) is 5.89. The second-order valence-electron chi connectivity index (χ2n) is 3.51. The Balaban J connectivity index is 3.39. The molecule has 0 aliphatic rings. The molecular weight excluding hydrogens is 275 g/mol. The molecule has 0 N–H and O–H groups in total. The van der Waals surface area contributed by atoms with E-state index in [1.54, 1.807) is 0 Å². The van der Waals surface area contributed by atoms with Crippen LogP contribution in [0.4, 0.5) is 13.2 Å². The zero-order valence-electron chi connectivity index (χ0n) is 8.98. The molecule has 0 saturated heterocycles. The Morgan fingerprint density at radius 1 is 1.40 bits per heavy atom. The lowest BCUT2D eigenvalue weighted by atomic mass is 10.3.